The lowest BCUT2D eigenvalue weighted by atomic mass is 10.1. The Hall–Kier alpha value is -1.40. The molecule has 0 heterocycles. The third-order valence-corrected chi connectivity index (χ3v) is 3.63. The van der Waals surface area contributed by atoms with Crippen LogP contribution in [0.1, 0.15) is 24.0 Å². The minimum absolute atomic E-state index is 0.0590. The van der Waals surface area contributed by atoms with Crippen molar-refractivity contribution in [1.29, 1.82) is 0 Å². The van der Waals surface area contributed by atoms with Gasteiger partial charge in [-0.05, 0) is 49.1 Å². The maximum Gasteiger partial charge on any atom is 0.173 e. The predicted octanol–water partition coefficient (Wildman–Crippen LogP) is 2.02. The first-order valence-electron chi connectivity index (χ1n) is 6.57. The molecule has 20 heavy (non-hydrogen) atoms. The predicted molar refractivity (Wildman–Crippen MR) is 84.8 cm³/mol. The lowest BCUT2D eigenvalue weighted by Gasteiger charge is -2.10. The first kappa shape index (κ1) is 16.7. The van der Waals surface area contributed by atoms with E-state index in [-0.39, 0.29) is 5.84 Å². The Labute approximate surface area is 124 Å². The molecule has 1 aromatic rings. The normalized spacial score (nSPS) is 11.6. The van der Waals surface area contributed by atoms with Crippen LogP contribution in [0, 0.1) is 0 Å². The number of unbranched alkanes of at least 4 members (excludes halogenated alkanes) is 1. The standard InChI is InChI=1S/C14H23N3O2S/c1-19-13-6-5-11(9-12(13)14(15)17-18)10-16-7-3-4-8-20-2/h5-6,9,16,18H,3-4,7-8,10H2,1-2H3,(H2,15,17). The molecule has 0 fully saturated rings. The highest BCUT2D eigenvalue weighted by Crippen LogP contribution is 2.19. The van der Waals surface area contributed by atoms with Gasteiger partial charge in [0, 0.05) is 6.54 Å². The smallest absolute Gasteiger partial charge is 0.173 e. The van der Waals surface area contributed by atoms with E-state index in [4.69, 9.17) is 15.7 Å². The number of ether oxygens (including phenoxy) is 1. The van der Waals surface area contributed by atoms with Gasteiger partial charge in [-0.3, -0.25) is 0 Å². The first-order chi connectivity index (χ1) is 9.72. The largest absolute Gasteiger partial charge is 0.496 e. The molecule has 0 saturated heterocycles. The molecule has 1 rings (SSSR count). The molecule has 0 atom stereocenters. The third-order valence-electron chi connectivity index (χ3n) is 2.93. The van der Waals surface area contributed by atoms with Gasteiger partial charge in [-0.1, -0.05) is 11.2 Å². The summed E-state index contributed by atoms with van der Waals surface area (Å²) in [5.41, 5.74) is 7.34. The Morgan fingerprint density at radius 2 is 2.25 bits per heavy atom. The maximum absolute atomic E-state index is 8.79. The van der Waals surface area contributed by atoms with Crippen molar-refractivity contribution in [2.75, 3.05) is 25.7 Å². The van der Waals surface area contributed by atoms with Crippen molar-refractivity contribution in [3.05, 3.63) is 29.3 Å². The summed E-state index contributed by atoms with van der Waals surface area (Å²) in [7, 11) is 1.56. The number of benzene rings is 1. The number of amidine groups is 1. The van der Waals surface area contributed by atoms with E-state index >= 15 is 0 Å². The number of hydrogen-bond acceptors (Lipinski definition) is 5. The van der Waals surface area contributed by atoms with Crippen LogP contribution in [0.3, 0.4) is 0 Å². The summed E-state index contributed by atoms with van der Waals surface area (Å²) in [5, 5.41) is 15.2. The lowest BCUT2D eigenvalue weighted by Crippen LogP contribution is -2.17. The van der Waals surface area contributed by atoms with Crippen molar-refractivity contribution in [2.24, 2.45) is 10.9 Å². The number of nitrogens with zero attached hydrogens (tertiary/aromatic N) is 1. The molecule has 0 aliphatic rings. The number of methoxy groups -OCH3 is 1. The molecule has 0 unspecified atom stereocenters. The molecule has 0 amide bonds. The van der Waals surface area contributed by atoms with E-state index in [0.29, 0.717) is 11.3 Å². The Morgan fingerprint density at radius 3 is 2.90 bits per heavy atom. The van der Waals surface area contributed by atoms with Gasteiger partial charge in [0.05, 0.1) is 12.7 Å². The number of oxime groups is 1. The van der Waals surface area contributed by atoms with Gasteiger partial charge in [-0.25, -0.2) is 0 Å². The van der Waals surface area contributed by atoms with Crippen LogP contribution in [-0.2, 0) is 6.54 Å². The van der Waals surface area contributed by atoms with Gasteiger partial charge in [0.1, 0.15) is 5.75 Å². The van der Waals surface area contributed by atoms with E-state index in [0.717, 1.165) is 18.7 Å². The quantitative estimate of drug-likeness (QED) is 0.214. The highest BCUT2D eigenvalue weighted by Gasteiger charge is 2.08. The molecule has 1 aromatic carbocycles. The monoisotopic (exact) mass is 297 g/mol. The lowest BCUT2D eigenvalue weighted by molar-refractivity contribution is 0.318. The fraction of sp³-hybridized carbons (Fsp3) is 0.500. The van der Waals surface area contributed by atoms with Gasteiger partial charge in [0.2, 0.25) is 0 Å². The van der Waals surface area contributed by atoms with Crippen molar-refractivity contribution in [3.8, 4) is 5.75 Å². The van der Waals surface area contributed by atoms with E-state index in [1.807, 2.05) is 30.0 Å². The van der Waals surface area contributed by atoms with Crippen LogP contribution >= 0.6 is 11.8 Å². The second-order valence-electron chi connectivity index (χ2n) is 4.40. The molecule has 4 N–H and O–H groups in total. The Kier molecular flexibility index (Phi) is 7.91. The summed E-state index contributed by atoms with van der Waals surface area (Å²) in [4.78, 5) is 0. The molecule has 0 spiro atoms. The minimum atomic E-state index is 0.0590. The van der Waals surface area contributed by atoms with Crippen LogP contribution in [0.15, 0.2) is 23.4 Å². The minimum Gasteiger partial charge on any atom is -0.496 e. The molecule has 0 aliphatic heterocycles. The number of nitrogens with one attached hydrogen (secondary N) is 1. The SMILES string of the molecule is COc1ccc(CNCCCCSC)cc1/C(N)=N/O. The second-order valence-corrected chi connectivity index (χ2v) is 5.38. The van der Waals surface area contributed by atoms with Crippen LogP contribution in [0.2, 0.25) is 0 Å². The summed E-state index contributed by atoms with van der Waals surface area (Å²) < 4.78 is 5.20. The van der Waals surface area contributed by atoms with Gasteiger partial charge >= 0.3 is 0 Å². The number of hydrogen-bond donors (Lipinski definition) is 3. The molecule has 112 valence electrons. The van der Waals surface area contributed by atoms with Crippen molar-refractivity contribution in [3.63, 3.8) is 0 Å². The van der Waals surface area contributed by atoms with E-state index in [2.05, 4.69) is 16.7 Å². The molecule has 0 aliphatic carbocycles. The van der Waals surface area contributed by atoms with Crippen molar-refractivity contribution in [2.45, 2.75) is 19.4 Å². The van der Waals surface area contributed by atoms with Crippen LogP contribution in [0.25, 0.3) is 0 Å². The number of thioether (sulfide) groups is 1. The van der Waals surface area contributed by atoms with Crippen LogP contribution in [-0.4, -0.2) is 36.7 Å². The summed E-state index contributed by atoms with van der Waals surface area (Å²) in [5.74, 6) is 1.87. The molecular formula is C14H23N3O2S. The second kappa shape index (κ2) is 9.50. The maximum atomic E-state index is 8.79. The third kappa shape index (κ3) is 5.30. The number of nitrogens with two attached hydrogens (primary N) is 1. The summed E-state index contributed by atoms with van der Waals surface area (Å²) in [6.07, 6.45) is 4.52. The average molecular weight is 297 g/mol. The molecule has 0 aromatic heterocycles. The van der Waals surface area contributed by atoms with Crippen LogP contribution in [0.4, 0.5) is 0 Å². The zero-order valence-electron chi connectivity index (χ0n) is 12.1. The zero-order valence-corrected chi connectivity index (χ0v) is 12.9. The molecule has 0 saturated carbocycles. The topological polar surface area (TPSA) is 79.9 Å². The Balaban J connectivity index is 2.55. The van der Waals surface area contributed by atoms with Crippen LogP contribution in [0.5, 0.6) is 5.75 Å². The highest BCUT2D eigenvalue weighted by molar-refractivity contribution is 7.98. The zero-order chi connectivity index (χ0) is 14.8. The van der Waals surface area contributed by atoms with Crippen molar-refractivity contribution in [1.82, 2.24) is 5.32 Å². The summed E-state index contributed by atoms with van der Waals surface area (Å²) >= 11 is 1.88. The van der Waals surface area contributed by atoms with Crippen molar-refractivity contribution < 1.29 is 9.94 Å². The fourth-order valence-electron chi connectivity index (χ4n) is 1.85. The molecular weight excluding hydrogens is 274 g/mol. The Morgan fingerprint density at radius 1 is 1.45 bits per heavy atom. The molecule has 6 heteroatoms. The first-order valence-corrected chi connectivity index (χ1v) is 7.96. The van der Waals surface area contributed by atoms with Crippen molar-refractivity contribution >= 4 is 17.6 Å². The highest BCUT2D eigenvalue weighted by atomic mass is 32.2. The Bertz CT molecular complexity index is 438. The molecule has 5 nitrogen and oxygen atoms in total. The van der Waals surface area contributed by atoms with E-state index in [9.17, 15) is 0 Å². The van der Waals surface area contributed by atoms with Gasteiger partial charge in [0.15, 0.2) is 5.84 Å². The summed E-state index contributed by atoms with van der Waals surface area (Å²) in [6, 6.07) is 5.68. The average Bonchev–Trinajstić information content (AvgIpc) is 2.49. The summed E-state index contributed by atoms with van der Waals surface area (Å²) in [6.45, 7) is 1.75. The fourth-order valence-corrected chi connectivity index (χ4v) is 2.34. The van der Waals surface area contributed by atoms with Gasteiger partial charge in [-0.2, -0.15) is 11.8 Å². The van der Waals surface area contributed by atoms with Gasteiger partial charge in [0.25, 0.3) is 0 Å². The molecule has 0 bridgehead atoms. The van der Waals surface area contributed by atoms with Gasteiger partial charge < -0.3 is 21.0 Å². The van der Waals surface area contributed by atoms with E-state index in [1.165, 1.54) is 18.6 Å². The van der Waals surface area contributed by atoms with Crippen LogP contribution < -0.4 is 15.8 Å². The van der Waals surface area contributed by atoms with Gasteiger partial charge in [-0.15, -0.1) is 0 Å². The molecule has 0 radical (unpaired) electrons. The van der Waals surface area contributed by atoms with E-state index < -0.39 is 0 Å². The number of rotatable bonds is 9. The van der Waals surface area contributed by atoms with E-state index in [1.54, 1.807) is 7.11 Å².